The Morgan fingerprint density at radius 3 is 2.82 bits per heavy atom. The van der Waals surface area contributed by atoms with Crippen molar-refractivity contribution < 1.29 is 13.2 Å². The Hall–Kier alpha value is -1.14. The Morgan fingerprint density at radius 2 is 2.24 bits per heavy atom. The molecule has 2 rings (SSSR count). The zero-order valence-corrected chi connectivity index (χ0v) is 10.5. The summed E-state index contributed by atoms with van der Waals surface area (Å²) in [6.07, 6.45) is 5.29. The van der Waals surface area contributed by atoms with Crippen LogP contribution >= 0.6 is 0 Å². The van der Waals surface area contributed by atoms with Crippen molar-refractivity contribution in [1.82, 2.24) is 4.98 Å². The smallest absolute Gasteiger partial charge is 0.232 e. The molecule has 0 aromatic carbocycles. The van der Waals surface area contributed by atoms with Crippen molar-refractivity contribution in [3.8, 4) is 5.88 Å². The molecule has 1 aliphatic carbocycles. The highest BCUT2D eigenvalue weighted by Gasteiger charge is 2.27. The summed E-state index contributed by atoms with van der Waals surface area (Å²) in [6, 6.07) is 3.04. The normalized spacial score (nSPS) is 24.8. The SMILES string of the molecule is CS(=O)(=O)c1cccnc1OC1CCCC1N. The van der Waals surface area contributed by atoms with Gasteiger partial charge in [-0.2, -0.15) is 0 Å². The molecule has 1 saturated carbocycles. The Kier molecular flexibility index (Phi) is 3.35. The third-order valence-electron chi connectivity index (χ3n) is 2.90. The number of hydrogen-bond acceptors (Lipinski definition) is 5. The number of rotatable bonds is 3. The van der Waals surface area contributed by atoms with Crippen LogP contribution in [0, 0.1) is 0 Å². The van der Waals surface area contributed by atoms with Gasteiger partial charge >= 0.3 is 0 Å². The highest BCUT2D eigenvalue weighted by atomic mass is 32.2. The summed E-state index contributed by atoms with van der Waals surface area (Å²) in [5.41, 5.74) is 5.88. The van der Waals surface area contributed by atoms with Crippen molar-refractivity contribution in [1.29, 1.82) is 0 Å². The molecule has 0 radical (unpaired) electrons. The molecule has 1 fully saturated rings. The van der Waals surface area contributed by atoms with E-state index < -0.39 is 9.84 Å². The van der Waals surface area contributed by atoms with E-state index in [2.05, 4.69) is 4.98 Å². The van der Waals surface area contributed by atoms with Gasteiger partial charge in [-0.25, -0.2) is 13.4 Å². The van der Waals surface area contributed by atoms with Gasteiger partial charge in [-0.1, -0.05) is 0 Å². The molecule has 94 valence electrons. The Balaban J connectivity index is 2.27. The molecular weight excluding hydrogens is 240 g/mol. The number of hydrogen-bond donors (Lipinski definition) is 1. The lowest BCUT2D eigenvalue weighted by atomic mass is 10.2. The van der Waals surface area contributed by atoms with Crippen molar-refractivity contribution >= 4 is 9.84 Å². The van der Waals surface area contributed by atoms with Crippen LogP contribution in [0.5, 0.6) is 5.88 Å². The molecule has 5 nitrogen and oxygen atoms in total. The van der Waals surface area contributed by atoms with Gasteiger partial charge < -0.3 is 10.5 Å². The fourth-order valence-electron chi connectivity index (χ4n) is 1.99. The van der Waals surface area contributed by atoms with E-state index in [1.165, 1.54) is 12.3 Å². The second kappa shape index (κ2) is 4.62. The minimum absolute atomic E-state index is 0.0376. The fraction of sp³-hybridized carbons (Fsp3) is 0.545. The van der Waals surface area contributed by atoms with Crippen molar-refractivity contribution in [2.45, 2.75) is 36.3 Å². The molecule has 6 heteroatoms. The third-order valence-corrected chi connectivity index (χ3v) is 4.01. The van der Waals surface area contributed by atoms with E-state index >= 15 is 0 Å². The van der Waals surface area contributed by atoms with Gasteiger partial charge in [0.1, 0.15) is 11.0 Å². The first-order valence-corrected chi connectivity index (χ1v) is 7.45. The number of sulfone groups is 1. The minimum Gasteiger partial charge on any atom is -0.472 e. The van der Waals surface area contributed by atoms with Gasteiger partial charge in [0, 0.05) is 18.5 Å². The average molecular weight is 256 g/mol. The molecule has 0 bridgehead atoms. The number of pyridine rings is 1. The van der Waals surface area contributed by atoms with Gasteiger partial charge in [-0.15, -0.1) is 0 Å². The Bertz CT molecular complexity index is 501. The maximum Gasteiger partial charge on any atom is 0.232 e. The summed E-state index contributed by atoms with van der Waals surface area (Å²) >= 11 is 0. The fourth-order valence-corrected chi connectivity index (χ4v) is 2.73. The van der Waals surface area contributed by atoms with Crippen LogP contribution in [0.1, 0.15) is 19.3 Å². The predicted octanol–water partition coefficient (Wildman–Crippen LogP) is 0.744. The molecule has 2 unspecified atom stereocenters. The molecule has 1 aliphatic rings. The number of ether oxygens (including phenoxy) is 1. The van der Waals surface area contributed by atoms with Gasteiger partial charge in [0.15, 0.2) is 9.84 Å². The molecule has 1 aromatic heterocycles. The average Bonchev–Trinajstić information content (AvgIpc) is 2.64. The zero-order valence-electron chi connectivity index (χ0n) is 9.67. The summed E-state index contributed by atoms with van der Waals surface area (Å²) < 4.78 is 28.7. The van der Waals surface area contributed by atoms with Crippen LogP contribution < -0.4 is 10.5 Å². The van der Waals surface area contributed by atoms with Gasteiger partial charge in [0.25, 0.3) is 0 Å². The molecule has 0 spiro atoms. The van der Waals surface area contributed by atoms with Crippen molar-refractivity contribution in [2.24, 2.45) is 5.73 Å². The van der Waals surface area contributed by atoms with Gasteiger partial charge in [0.2, 0.25) is 5.88 Å². The summed E-state index contributed by atoms with van der Waals surface area (Å²) in [5.74, 6) is 0.164. The molecular formula is C11H16N2O3S. The number of nitrogens with two attached hydrogens (primary N) is 1. The Morgan fingerprint density at radius 1 is 1.47 bits per heavy atom. The van der Waals surface area contributed by atoms with E-state index in [0.717, 1.165) is 25.5 Å². The van der Waals surface area contributed by atoms with Crippen LogP contribution in [0.2, 0.25) is 0 Å². The molecule has 17 heavy (non-hydrogen) atoms. The Labute approximate surface area is 101 Å². The van der Waals surface area contributed by atoms with Crippen LogP contribution in [0.4, 0.5) is 0 Å². The zero-order chi connectivity index (χ0) is 12.5. The molecule has 0 saturated heterocycles. The van der Waals surface area contributed by atoms with Gasteiger partial charge in [0.05, 0.1) is 0 Å². The van der Waals surface area contributed by atoms with Crippen molar-refractivity contribution in [3.05, 3.63) is 18.3 Å². The lowest BCUT2D eigenvalue weighted by Gasteiger charge is -2.18. The van der Waals surface area contributed by atoms with Crippen LogP contribution in [-0.4, -0.2) is 31.8 Å². The maximum absolute atomic E-state index is 11.6. The minimum atomic E-state index is -3.32. The van der Waals surface area contributed by atoms with Crippen LogP contribution in [0.15, 0.2) is 23.2 Å². The predicted molar refractivity (Wildman–Crippen MR) is 63.6 cm³/mol. The number of aromatic nitrogens is 1. The molecule has 2 atom stereocenters. The van der Waals surface area contributed by atoms with Crippen molar-refractivity contribution in [3.63, 3.8) is 0 Å². The second-order valence-electron chi connectivity index (χ2n) is 4.33. The monoisotopic (exact) mass is 256 g/mol. The van der Waals surface area contributed by atoms with E-state index in [1.807, 2.05) is 0 Å². The summed E-state index contributed by atoms with van der Waals surface area (Å²) in [7, 11) is -3.32. The van der Waals surface area contributed by atoms with Crippen LogP contribution in [-0.2, 0) is 9.84 Å². The van der Waals surface area contributed by atoms with Crippen LogP contribution in [0.25, 0.3) is 0 Å². The maximum atomic E-state index is 11.6. The highest BCUT2D eigenvalue weighted by molar-refractivity contribution is 7.90. The van der Waals surface area contributed by atoms with E-state index in [-0.39, 0.29) is 22.9 Å². The topological polar surface area (TPSA) is 82.3 Å². The van der Waals surface area contributed by atoms with Crippen molar-refractivity contribution in [2.75, 3.05) is 6.26 Å². The first-order valence-electron chi connectivity index (χ1n) is 5.56. The first kappa shape index (κ1) is 12.3. The molecule has 1 aromatic rings. The standard InChI is InChI=1S/C11H16N2O3S/c1-17(14,15)10-6-3-7-13-11(10)16-9-5-2-4-8(9)12/h3,6-9H,2,4-5,12H2,1H3. The van der Waals surface area contributed by atoms with Gasteiger partial charge in [-0.3, -0.25) is 0 Å². The van der Waals surface area contributed by atoms with E-state index in [0.29, 0.717) is 0 Å². The molecule has 0 aliphatic heterocycles. The summed E-state index contributed by atoms with van der Waals surface area (Å²) in [4.78, 5) is 4.11. The van der Waals surface area contributed by atoms with E-state index in [1.54, 1.807) is 6.07 Å². The van der Waals surface area contributed by atoms with E-state index in [9.17, 15) is 8.42 Å². The largest absolute Gasteiger partial charge is 0.472 e. The summed E-state index contributed by atoms with van der Waals surface area (Å²) in [5, 5.41) is 0. The first-order chi connectivity index (χ1) is 7.98. The lowest BCUT2D eigenvalue weighted by molar-refractivity contribution is 0.178. The highest BCUT2D eigenvalue weighted by Crippen LogP contribution is 2.26. The second-order valence-corrected chi connectivity index (χ2v) is 6.31. The summed E-state index contributed by atoms with van der Waals surface area (Å²) in [6.45, 7) is 0. The molecule has 1 heterocycles. The van der Waals surface area contributed by atoms with E-state index in [4.69, 9.17) is 10.5 Å². The number of nitrogens with zero attached hydrogens (tertiary/aromatic N) is 1. The molecule has 2 N–H and O–H groups in total. The van der Waals surface area contributed by atoms with Gasteiger partial charge in [-0.05, 0) is 31.4 Å². The lowest BCUT2D eigenvalue weighted by Crippen LogP contribution is -2.34. The van der Waals surface area contributed by atoms with Crippen LogP contribution in [0.3, 0.4) is 0 Å². The molecule has 0 amide bonds. The third kappa shape index (κ3) is 2.76. The quantitative estimate of drug-likeness (QED) is 0.862.